The van der Waals surface area contributed by atoms with Crippen molar-refractivity contribution >= 4 is 11.6 Å². The lowest BCUT2D eigenvalue weighted by Gasteiger charge is -2.14. The quantitative estimate of drug-likeness (QED) is 0.835. The fraction of sp³-hybridized carbons (Fsp3) is 0.286. The first-order valence-corrected chi connectivity index (χ1v) is 6.31. The third-order valence-electron chi connectivity index (χ3n) is 2.84. The third-order valence-corrected chi connectivity index (χ3v) is 2.84. The van der Waals surface area contributed by atoms with Gasteiger partial charge in [-0.25, -0.2) is 0 Å². The zero-order valence-electron chi connectivity index (χ0n) is 11.5. The van der Waals surface area contributed by atoms with Crippen LogP contribution in [-0.2, 0) is 11.8 Å². The van der Waals surface area contributed by atoms with Gasteiger partial charge in [0.1, 0.15) is 5.75 Å². The van der Waals surface area contributed by atoms with Gasteiger partial charge >= 0.3 is 0 Å². The summed E-state index contributed by atoms with van der Waals surface area (Å²) in [5, 5.41) is 7.51. The van der Waals surface area contributed by atoms with Gasteiger partial charge in [0.2, 0.25) is 0 Å². The van der Waals surface area contributed by atoms with Crippen LogP contribution in [0.3, 0.4) is 0 Å². The molecule has 0 saturated heterocycles. The van der Waals surface area contributed by atoms with Crippen molar-refractivity contribution in [2.75, 3.05) is 11.9 Å². The van der Waals surface area contributed by atoms with Gasteiger partial charge in [0.05, 0.1) is 12.2 Å². The number of hydrogen-bond donors (Lipinski definition) is 2. The minimum atomic E-state index is -0.489. The summed E-state index contributed by atoms with van der Waals surface area (Å²) in [6, 6.07) is 7.52. The molecule has 1 atom stereocenters. The van der Waals surface area contributed by atoms with Crippen molar-refractivity contribution in [3.8, 4) is 5.75 Å². The molecule has 0 fully saturated rings. The van der Waals surface area contributed by atoms with Crippen molar-refractivity contribution in [1.29, 1.82) is 0 Å². The number of anilines is 1. The Morgan fingerprint density at radius 3 is 2.70 bits per heavy atom. The van der Waals surface area contributed by atoms with Crippen molar-refractivity contribution in [3.63, 3.8) is 0 Å². The highest BCUT2D eigenvalue weighted by molar-refractivity contribution is 5.75. The molecule has 1 heterocycles. The molecule has 3 N–H and O–H groups in total. The lowest BCUT2D eigenvalue weighted by atomic mass is 10.2. The van der Waals surface area contributed by atoms with Gasteiger partial charge in [-0.1, -0.05) is 0 Å². The van der Waals surface area contributed by atoms with Crippen molar-refractivity contribution in [2.24, 2.45) is 12.8 Å². The van der Waals surface area contributed by atoms with Crippen LogP contribution in [-0.4, -0.2) is 22.3 Å². The van der Waals surface area contributed by atoms with E-state index in [1.807, 2.05) is 31.6 Å². The van der Waals surface area contributed by atoms with E-state index in [1.165, 1.54) is 0 Å². The van der Waals surface area contributed by atoms with Crippen LogP contribution in [0.15, 0.2) is 36.7 Å². The smallest absolute Gasteiger partial charge is 0.255 e. The summed E-state index contributed by atoms with van der Waals surface area (Å²) < 4.78 is 6.97. The molecule has 0 aliphatic carbocycles. The summed E-state index contributed by atoms with van der Waals surface area (Å²) in [4.78, 5) is 10.6. The number of ether oxygens (including phenoxy) is 1. The molecule has 2 rings (SSSR count). The van der Waals surface area contributed by atoms with Gasteiger partial charge < -0.3 is 15.8 Å². The van der Waals surface area contributed by atoms with Crippen molar-refractivity contribution in [3.05, 3.63) is 42.2 Å². The summed E-state index contributed by atoms with van der Waals surface area (Å²) in [6.45, 7) is 1.95. The van der Waals surface area contributed by atoms with E-state index in [2.05, 4.69) is 17.3 Å². The maximum absolute atomic E-state index is 10.6. The van der Waals surface area contributed by atoms with Gasteiger partial charge in [0.25, 0.3) is 5.91 Å². The Balaban J connectivity index is 1.94. The van der Waals surface area contributed by atoms with Crippen LogP contribution in [0.1, 0.15) is 18.5 Å². The number of amides is 1. The summed E-state index contributed by atoms with van der Waals surface area (Å²) in [5.74, 6) is 0.126. The number of primary amides is 1. The Bertz CT molecular complexity index is 577. The van der Waals surface area contributed by atoms with Crippen molar-refractivity contribution < 1.29 is 9.53 Å². The molecule has 6 nitrogen and oxygen atoms in total. The molecular formula is C14H18N4O2. The first kappa shape index (κ1) is 13.9. The van der Waals surface area contributed by atoms with E-state index in [9.17, 15) is 4.79 Å². The van der Waals surface area contributed by atoms with E-state index in [0.717, 1.165) is 11.3 Å². The highest BCUT2D eigenvalue weighted by atomic mass is 16.5. The molecule has 0 aliphatic heterocycles. The second-order valence-corrected chi connectivity index (χ2v) is 4.59. The Labute approximate surface area is 117 Å². The van der Waals surface area contributed by atoms with Crippen LogP contribution in [0.4, 0.5) is 5.69 Å². The van der Waals surface area contributed by atoms with Gasteiger partial charge in [-0.2, -0.15) is 5.10 Å². The number of benzene rings is 1. The number of hydrogen-bond acceptors (Lipinski definition) is 4. The van der Waals surface area contributed by atoms with Crippen molar-refractivity contribution in [1.82, 2.24) is 9.78 Å². The lowest BCUT2D eigenvalue weighted by Crippen LogP contribution is -2.19. The summed E-state index contributed by atoms with van der Waals surface area (Å²) in [5.41, 5.74) is 7.10. The van der Waals surface area contributed by atoms with E-state index >= 15 is 0 Å². The Hall–Kier alpha value is -2.50. The Kier molecular flexibility index (Phi) is 4.24. The fourth-order valence-corrected chi connectivity index (χ4v) is 1.80. The molecule has 0 spiro atoms. The SMILES string of the molecule is CC(Nc1ccc(OCC(N)=O)cc1)c1cnn(C)c1. The van der Waals surface area contributed by atoms with Crippen LogP contribution in [0, 0.1) is 0 Å². The molecule has 0 radical (unpaired) electrons. The molecular weight excluding hydrogens is 256 g/mol. The topological polar surface area (TPSA) is 82.2 Å². The fourth-order valence-electron chi connectivity index (χ4n) is 1.80. The van der Waals surface area contributed by atoms with E-state index < -0.39 is 5.91 Å². The Morgan fingerprint density at radius 2 is 2.15 bits per heavy atom. The standard InChI is InChI=1S/C14H18N4O2/c1-10(11-7-16-18(2)8-11)17-12-3-5-13(6-4-12)20-9-14(15)19/h3-8,10,17H,9H2,1-2H3,(H2,15,19). The van der Waals surface area contributed by atoms with Gasteiger partial charge in [-0.05, 0) is 31.2 Å². The molecule has 106 valence electrons. The first-order chi connectivity index (χ1) is 9.54. The second kappa shape index (κ2) is 6.10. The highest BCUT2D eigenvalue weighted by Crippen LogP contribution is 2.21. The average Bonchev–Trinajstić information content (AvgIpc) is 2.85. The number of nitrogens with one attached hydrogen (secondary N) is 1. The summed E-state index contributed by atoms with van der Waals surface area (Å²) >= 11 is 0. The minimum absolute atomic E-state index is 0.112. The minimum Gasteiger partial charge on any atom is -0.484 e. The maximum atomic E-state index is 10.6. The number of carbonyl (C=O) groups is 1. The molecule has 1 aromatic carbocycles. The van der Waals surface area contributed by atoms with Crippen LogP contribution >= 0.6 is 0 Å². The van der Waals surface area contributed by atoms with Gasteiger partial charge in [0, 0.05) is 24.5 Å². The number of nitrogens with zero attached hydrogens (tertiary/aromatic N) is 2. The zero-order valence-corrected chi connectivity index (χ0v) is 11.5. The Morgan fingerprint density at radius 1 is 1.45 bits per heavy atom. The van der Waals surface area contributed by atoms with E-state index in [1.54, 1.807) is 16.8 Å². The number of aromatic nitrogens is 2. The molecule has 1 amide bonds. The van der Waals surface area contributed by atoms with Gasteiger partial charge in [-0.15, -0.1) is 0 Å². The zero-order chi connectivity index (χ0) is 14.5. The molecule has 0 bridgehead atoms. The molecule has 2 aromatic rings. The molecule has 6 heteroatoms. The van der Waals surface area contributed by atoms with Crippen LogP contribution in [0.2, 0.25) is 0 Å². The average molecular weight is 274 g/mol. The van der Waals surface area contributed by atoms with E-state index in [4.69, 9.17) is 10.5 Å². The first-order valence-electron chi connectivity index (χ1n) is 6.31. The molecule has 1 aromatic heterocycles. The van der Waals surface area contributed by atoms with Crippen LogP contribution in [0.5, 0.6) is 5.75 Å². The number of carbonyl (C=O) groups excluding carboxylic acids is 1. The second-order valence-electron chi connectivity index (χ2n) is 4.59. The summed E-state index contributed by atoms with van der Waals surface area (Å²) in [6.07, 6.45) is 3.81. The number of nitrogens with two attached hydrogens (primary N) is 1. The van der Waals surface area contributed by atoms with Gasteiger partial charge in [-0.3, -0.25) is 9.48 Å². The monoisotopic (exact) mass is 274 g/mol. The normalized spacial score (nSPS) is 11.9. The van der Waals surface area contributed by atoms with Crippen LogP contribution < -0.4 is 15.8 Å². The number of rotatable bonds is 6. The predicted octanol–water partition coefficient (Wildman–Crippen LogP) is 1.46. The molecule has 0 saturated carbocycles. The highest BCUT2D eigenvalue weighted by Gasteiger charge is 2.07. The van der Waals surface area contributed by atoms with Gasteiger partial charge in [0.15, 0.2) is 6.61 Å². The molecule has 1 unspecified atom stereocenters. The maximum Gasteiger partial charge on any atom is 0.255 e. The van der Waals surface area contributed by atoms with E-state index in [-0.39, 0.29) is 12.6 Å². The van der Waals surface area contributed by atoms with Crippen molar-refractivity contribution in [2.45, 2.75) is 13.0 Å². The van der Waals surface area contributed by atoms with E-state index in [0.29, 0.717) is 5.75 Å². The van der Waals surface area contributed by atoms with Crippen LogP contribution in [0.25, 0.3) is 0 Å². The third kappa shape index (κ3) is 3.74. The number of aryl methyl sites for hydroxylation is 1. The predicted molar refractivity (Wildman–Crippen MR) is 76.4 cm³/mol. The lowest BCUT2D eigenvalue weighted by molar-refractivity contribution is -0.119. The molecule has 0 aliphatic rings. The summed E-state index contributed by atoms with van der Waals surface area (Å²) in [7, 11) is 1.89. The molecule has 20 heavy (non-hydrogen) atoms. The largest absolute Gasteiger partial charge is 0.484 e.